The van der Waals surface area contributed by atoms with Gasteiger partial charge in [-0.2, -0.15) is 4.98 Å². The van der Waals surface area contributed by atoms with E-state index >= 15 is 0 Å². The minimum atomic E-state index is 0.231. The van der Waals surface area contributed by atoms with E-state index in [2.05, 4.69) is 36.4 Å². The first kappa shape index (κ1) is 12.7. The lowest BCUT2D eigenvalue weighted by Gasteiger charge is -2.22. The van der Waals surface area contributed by atoms with Gasteiger partial charge in [0.25, 0.3) is 0 Å². The summed E-state index contributed by atoms with van der Waals surface area (Å²) < 4.78 is 11.5. The minimum absolute atomic E-state index is 0.231. The average molecular weight is 325 g/mol. The van der Waals surface area contributed by atoms with Crippen molar-refractivity contribution in [2.75, 3.05) is 19.8 Å². The molecular formula is C12H13BrN4O2. The first-order valence-corrected chi connectivity index (χ1v) is 6.87. The quantitative estimate of drug-likeness (QED) is 0.920. The molecule has 7 heteroatoms. The summed E-state index contributed by atoms with van der Waals surface area (Å²) in [5.74, 6) is 1.09. The Balaban J connectivity index is 1.74. The maximum absolute atomic E-state index is 5.39. The number of nitrogens with one attached hydrogen (secondary N) is 1. The summed E-state index contributed by atoms with van der Waals surface area (Å²) in [6.45, 7) is 2.29. The Morgan fingerprint density at radius 3 is 3.21 bits per heavy atom. The van der Waals surface area contributed by atoms with Gasteiger partial charge in [-0.3, -0.25) is 4.98 Å². The normalized spacial score (nSPS) is 19.5. The van der Waals surface area contributed by atoms with Gasteiger partial charge in [0, 0.05) is 29.7 Å². The Hall–Kier alpha value is -1.31. The van der Waals surface area contributed by atoms with Crippen LogP contribution in [0.5, 0.6) is 0 Å². The highest BCUT2D eigenvalue weighted by Crippen LogP contribution is 2.23. The lowest BCUT2D eigenvalue weighted by atomic mass is 10.2. The van der Waals surface area contributed by atoms with Crippen molar-refractivity contribution in [2.24, 2.45) is 0 Å². The van der Waals surface area contributed by atoms with Crippen molar-refractivity contribution in [1.29, 1.82) is 0 Å². The summed E-state index contributed by atoms with van der Waals surface area (Å²) in [6.07, 6.45) is 2.37. The van der Waals surface area contributed by atoms with Crippen LogP contribution in [0.25, 0.3) is 11.5 Å². The molecule has 1 atom stereocenters. The summed E-state index contributed by atoms with van der Waals surface area (Å²) >= 11 is 3.42. The third-order valence-electron chi connectivity index (χ3n) is 2.86. The number of rotatable bonds is 3. The molecule has 6 nitrogen and oxygen atoms in total. The Morgan fingerprint density at radius 1 is 1.47 bits per heavy atom. The van der Waals surface area contributed by atoms with Crippen LogP contribution in [0.4, 0.5) is 0 Å². The third-order valence-corrected chi connectivity index (χ3v) is 3.50. The van der Waals surface area contributed by atoms with E-state index in [1.54, 1.807) is 6.20 Å². The van der Waals surface area contributed by atoms with Crippen LogP contribution in [0.1, 0.15) is 5.89 Å². The molecule has 1 aliphatic rings. The zero-order valence-corrected chi connectivity index (χ0v) is 11.8. The van der Waals surface area contributed by atoms with E-state index in [1.807, 2.05) is 12.1 Å². The molecule has 0 aromatic carbocycles. The molecule has 0 aliphatic carbocycles. The van der Waals surface area contributed by atoms with Gasteiger partial charge in [-0.05, 0) is 28.1 Å². The molecule has 1 aliphatic heterocycles. The van der Waals surface area contributed by atoms with E-state index in [4.69, 9.17) is 9.26 Å². The van der Waals surface area contributed by atoms with Crippen molar-refractivity contribution >= 4 is 15.9 Å². The molecule has 0 spiro atoms. The average Bonchev–Trinajstić information content (AvgIpc) is 2.89. The van der Waals surface area contributed by atoms with Gasteiger partial charge in [0.05, 0.1) is 13.2 Å². The minimum Gasteiger partial charge on any atom is -0.378 e. The maximum Gasteiger partial charge on any atom is 0.228 e. The van der Waals surface area contributed by atoms with Crippen LogP contribution in [0.15, 0.2) is 27.3 Å². The van der Waals surface area contributed by atoms with E-state index in [9.17, 15) is 0 Å². The predicted octanol–water partition coefficient (Wildman–Crippen LogP) is 1.42. The number of nitrogens with zero attached hydrogens (tertiary/aromatic N) is 3. The molecule has 2 aromatic rings. The molecule has 1 fully saturated rings. The Labute approximate surface area is 118 Å². The summed E-state index contributed by atoms with van der Waals surface area (Å²) in [7, 11) is 0. The number of hydrogen-bond donors (Lipinski definition) is 1. The molecule has 0 bridgehead atoms. The molecule has 0 saturated carbocycles. The van der Waals surface area contributed by atoms with Crippen LogP contribution in [0.3, 0.4) is 0 Å². The second kappa shape index (κ2) is 5.77. The number of aromatic nitrogens is 3. The van der Waals surface area contributed by atoms with Gasteiger partial charge in [0.15, 0.2) is 0 Å². The largest absolute Gasteiger partial charge is 0.378 e. The van der Waals surface area contributed by atoms with E-state index in [0.29, 0.717) is 30.4 Å². The van der Waals surface area contributed by atoms with Gasteiger partial charge in [-0.25, -0.2) is 0 Å². The summed E-state index contributed by atoms with van der Waals surface area (Å²) in [5, 5.41) is 7.32. The van der Waals surface area contributed by atoms with Gasteiger partial charge in [-0.15, -0.1) is 0 Å². The molecule has 1 unspecified atom stereocenters. The smallest absolute Gasteiger partial charge is 0.228 e. The number of morpholine rings is 1. The highest BCUT2D eigenvalue weighted by molar-refractivity contribution is 9.10. The van der Waals surface area contributed by atoms with Crippen LogP contribution >= 0.6 is 15.9 Å². The number of pyridine rings is 1. The molecule has 0 amide bonds. The SMILES string of the molecule is Brc1cccnc1-c1noc(CC2COCCN2)n1. The fourth-order valence-electron chi connectivity index (χ4n) is 1.95. The van der Waals surface area contributed by atoms with E-state index in [-0.39, 0.29) is 6.04 Å². The van der Waals surface area contributed by atoms with Gasteiger partial charge in [0.2, 0.25) is 11.7 Å². The molecule has 1 saturated heterocycles. The molecule has 100 valence electrons. The second-order valence-electron chi connectivity index (χ2n) is 4.28. The molecular weight excluding hydrogens is 312 g/mol. The molecule has 0 radical (unpaired) electrons. The first-order valence-electron chi connectivity index (χ1n) is 6.07. The van der Waals surface area contributed by atoms with Crippen molar-refractivity contribution in [3.63, 3.8) is 0 Å². The highest BCUT2D eigenvalue weighted by atomic mass is 79.9. The highest BCUT2D eigenvalue weighted by Gasteiger charge is 2.18. The first-order chi connectivity index (χ1) is 9.33. The van der Waals surface area contributed by atoms with Crippen LogP contribution in [0, 0.1) is 0 Å². The number of hydrogen-bond acceptors (Lipinski definition) is 6. The summed E-state index contributed by atoms with van der Waals surface area (Å²) in [6, 6.07) is 3.97. The van der Waals surface area contributed by atoms with Crippen LogP contribution in [-0.2, 0) is 11.2 Å². The lowest BCUT2D eigenvalue weighted by molar-refractivity contribution is 0.0744. The maximum atomic E-state index is 5.39. The summed E-state index contributed by atoms with van der Waals surface area (Å²) in [5.41, 5.74) is 0.686. The predicted molar refractivity (Wildman–Crippen MR) is 71.5 cm³/mol. The number of halogens is 1. The fourth-order valence-corrected chi connectivity index (χ4v) is 2.38. The van der Waals surface area contributed by atoms with E-state index in [0.717, 1.165) is 17.6 Å². The zero-order valence-electron chi connectivity index (χ0n) is 10.2. The van der Waals surface area contributed by atoms with Crippen molar-refractivity contribution < 1.29 is 9.26 Å². The van der Waals surface area contributed by atoms with Gasteiger partial charge in [-0.1, -0.05) is 5.16 Å². The van der Waals surface area contributed by atoms with Crippen LogP contribution in [0.2, 0.25) is 0 Å². The van der Waals surface area contributed by atoms with Crippen molar-refractivity contribution in [1.82, 2.24) is 20.4 Å². The standard InChI is InChI=1S/C12H13BrN4O2/c13-9-2-1-3-15-11(9)12-16-10(19-17-12)6-8-7-18-5-4-14-8/h1-3,8,14H,4-7H2. The molecule has 3 heterocycles. The Bertz CT molecular complexity index is 554. The van der Waals surface area contributed by atoms with Gasteiger partial charge < -0.3 is 14.6 Å². The van der Waals surface area contributed by atoms with Crippen LogP contribution < -0.4 is 5.32 Å². The molecule has 3 rings (SSSR count). The van der Waals surface area contributed by atoms with Gasteiger partial charge >= 0.3 is 0 Å². The third kappa shape index (κ3) is 2.99. The molecule has 19 heavy (non-hydrogen) atoms. The topological polar surface area (TPSA) is 73.1 Å². The van der Waals surface area contributed by atoms with Crippen LogP contribution in [-0.4, -0.2) is 40.9 Å². The van der Waals surface area contributed by atoms with E-state index < -0.39 is 0 Å². The Morgan fingerprint density at radius 2 is 2.42 bits per heavy atom. The van der Waals surface area contributed by atoms with Crippen molar-refractivity contribution in [2.45, 2.75) is 12.5 Å². The molecule has 2 aromatic heterocycles. The van der Waals surface area contributed by atoms with E-state index in [1.165, 1.54) is 0 Å². The number of ether oxygens (including phenoxy) is 1. The fraction of sp³-hybridized carbons (Fsp3) is 0.417. The van der Waals surface area contributed by atoms with Crippen molar-refractivity contribution in [3.05, 3.63) is 28.7 Å². The second-order valence-corrected chi connectivity index (χ2v) is 5.13. The zero-order chi connectivity index (χ0) is 13.1. The monoisotopic (exact) mass is 324 g/mol. The van der Waals surface area contributed by atoms with Crippen molar-refractivity contribution in [3.8, 4) is 11.5 Å². The lowest BCUT2D eigenvalue weighted by Crippen LogP contribution is -2.42. The Kier molecular flexibility index (Phi) is 3.86. The molecule has 1 N–H and O–H groups in total. The summed E-state index contributed by atoms with van der Waals surface area (Å²) in [4.78, 5) is 8.61. The van der Waals surface area contributed by atoms with Gasteiger partial charge in [0.1, 0.15) is 5.69 Å².